The van der Waals surface area contributed by atoms with Gasteiger partial charge in [-0.05, 0) is 49.3 Å². The molecule has 0 bridgehead atoms. The minimum absolute atomic E-state index is 1.21. The summed E-state index contributed by atoms with van der Waals surface area (Å²) in [6.45, 7) is 2.26. The van der Waals surface area contributed by atoms with E-state index in [-0.39, 0.29) is 0 Å². The second-order valence-corrected chi connectivity index (χ2v) is 4.88. The van der Waals surface area contributed by atoms with Crippen LogP contribution in [0.2, 0.25) is 0 Å². The summed E-state index contributed by atoms with van der Waals surface area (Å²) in [6, 6.07) is 6.72. The largest absolute Gasteiger partial charge is 0.358 e. The van der Waals surface area contributed by atoms with E-state index in [0.717, 1.165) is 0 Å². The molecule has 1 heterocycles. The molecule has 0 fully saturated rings. The first-order valence-corrected chi connectivity index (χ1v) is 6.51. The van der Waals surface area contributed by atoms with E-state index in [1.54, 1.807) is 16.5 Å². The van der Waals surface area contributed by atoms with Crippen LogP contribution >= 0.6 is 0 Å². The molecule has 1 aliphatic rings. The number of aromatic nitrogens is 1. The van der Waals surface area contributed by atoms with Crippen molar-refractivity contribution in [2.75, 3.05) is 0 Å². The van der Waals surface area contributed by atoms with Gasteiger partial charge in [0.2, 0.25) is 0 Å². The van der Waals surface area contributed by atoms with Crippen LogP contribution in [0.1, 0.15) is 43.0 Å². The van der Waals surface area contributed by atoms with Gasteiger partial charge in [0.25, 0.3) is 0 Å². The highest BCUT2D eigenvalue weighted by Gasteiger charge is 2.16. The average Bonchev–Trinajstić information content (AvgIpc) is 2.68. The number of hydrogen-bond acceptors (Lipinski definition) is 0. The third-order valence-corrected chi connectivity index (χ3v) is 3.73. The number of fused-ring (bicyclic) bond motifs is 3. The fourth-order valence-electron chi connectivity index (χ4n) is 3.02. The molecule has 0 atom stereocenters. The molecule has 0 aliphatic heterocycles. The molecule has 1 aliphatic carbocycles. The standard InChI is InChI=1S/C15H19N/c1-2-6-11-7-5-10-14-15(11)12-8-3-4-9-13(12)16-14/h5,7,10,16H,2-4,6,8-9H2,1H3. The molecule has 3 rings (SSSR count). The van der Waals surface area contributed by atoms with Crippen molar-refractivity contribution < 1.29 is 0 Å². The summed E-state index contributed by atoms with van der Waals surface area (Å²) in [7, 11) is 0. The number of aromatic amines is 1. The van der Waals surface area contributed by atoms with Gasteiger partial charge in [0.1, 0.15) is 0 Å². The molecule has 1 heteroatoms. The van der Waals surface area contributed by atoms with Crippen LogP contribution in [0.4, 0.5) is 0 Å². The fourth-order valence-corrected chi connectivity index (χ4v) is 3.02. The number of benzene rings is 1. The van der Waals surface area contributed by atoms with Crippen molar-refractivity contribution in [3.8, 4) is 0 Å². The minimum Gasteiger partial charge on any atom is -0.358 e. The van der Waals surface area contributed by atoms with Crippen molar-refractivity contribution in [3.05, 3.63) is 35.0 Å². The third kappa shape index (κ3) is 1.46. The van der Waals surface area contributed by atoms with E-state index in [1.807, 2.05) is 0 Å². The Hall–Kier alpha value is -1.24. The molecule has 1 aromatic heterocycles. The Labute approximate surface area is 96.9 Å². The quantitative estimate of drug-likeness (QED) is 0.776. The Morgan fingerprint density at radius 1 is 1.19 bits per heavy atom. The molecule has 0 unspecified atom stereocenters. The molecular weight excluding hydrogens is 194 g/mol. The van der Waals surface area contributed by atoms with Crippen molar-refractivity contribution in [2.45, 2.75) is 45.4 Å². The lowest BCUT2D eigenvalue weighted by molar-refractivity contribution is 0.679. The van der Waals surface area contributed by atoms with Crippen LogP contribution in [0.5, 0.6) is 0 Å². The maximum atomic E-state index is 3.61. The number of H-pyrrole nitrogens is 1. The van der Waals surface area contributed by atoms with Gasteiger partial charge in [-0.1, -0.05) is 25.5 Å². The topological polar surface area (TPSA) is 15.8 Å². The third-order valence-electron chi connectivity index (χ3n) is 3.73. The summed E-state index contributed by atoms with van der Waals surface area (Å²) in [6.07, 6.45) is 7.68. The van der Waals surface area contributed by atoms with Crippen LogP contribution < -0.4 is 0 Å². The first-order valence-electron chi connectivity index (χ1n) is 6.51. The highest BCUT2D eigenvalue weighted by Crippen LogP contribution is 2.31. The zero-order valence-corrected chi connectivity index (χ0v) is 9.97. The summed E-state index contributed by atoms with van der Waals surface area (Å²) in [4.78, 5) is 3.61. The predicted molar refractivity (Wildman–Crippen MR) is 68.9 cm³/mol. The summed E-state index contributed by atoms with van der Waals surface area (Å²) < 4.78 is 0. The van der Waals surface area contributed by atoms with Gasteiger partial charge in [0, 0.05) is 16.6 Å². The molecule has 1 nitrogen and oxygen atoms in total. The van der Waals surface area contributed by atoms with Crippen LogP contribution in [-0.4, -0.2) is 4.98 Å². The molecule has 2 aromatic rings. The lowest BCUT2D eigenvalue weighted by atomic mass is 9.93. The van der Waals surface area contributed by atoms with Gasteiger partial charge in [-0.25, -0.2) is 0 Å². The van der Waals surface area contributed by atoms with Gasteiger partial charge in [0.15, 0.2) is 0 Å². The van der Waals surface area contributed by atoms with Crippen molar-refractivity contribution in [3.63, 3.8) is 0 Å². The molecule has 84 valence electrons. The highest BCUT2D eigenvalue weighted by atomic mass is 14.7. The summed E-state index contributed by atoms with van der Waals surface area (Å²) in [5, 5.41) is 1.54. The normalized spacial score (nSPS) is 15.3. The van der Waals surface area contributed by atoms with Crippen molar-refractivity contribution in [1.82, 2.24) is 4.98 Å². The molecule has 1 aromatic carbocycles. The number of nitrogens with one attached hydrogen (secondary N) is 1. The Kier molecular flexibility index (Phi) is 2.47. The van der Waals surface area contributed by atoms with Gasteiger partial charge >= 0.3 is 0 Å². The van der Waals surface area contributed by atoms with Gasteiger partial charge in [-0.2, -0.15) is 0 Å². The molecule has 1 N–H and O–H groups in total. The summed E-state index contributed by atoms with van der Waals surface area (Å²) >= 11 is 0. The van der Waals surface area contributed by atoms with E-state index in [9.17, 15) is 0 Å². The minimum atomic E-state index is 1.21. The maximum Gasteiger partial charge on any atom is 0.0461 e. The predicted octanol–water partition coefficient (Wildman–Crippen LogP) is 4.00. The highest BCUT2D eigenvalue weighted by molar-refractivity contribution is 5.88. The molecular formula is C15H19N. The Balaban J connectivity index is 2.23. The zero-order valence-electron chi connectivity index (χ0n) is 9.97. The summed E-state index contributed by atoms with van der Waals surface area (Å²) in [5.74, 6) is 0. The van der Waals surface area contributed by atoms with E-state index in [0.29, 0.717) is 0 Å². The fraction of sp³-hybridized carbons (Fsp3) is 0.467. The van der Waals surface area contributed by atoms with Crippen LogP contribution in [0.25, 0.3) is 10.9 Å². The van der Waals surface area contributed by atoms with Crippen molar-refractivity contribution >= 4 is 10.9 Å². The second-order valence-electron chi connectivity index (χ2n) is 4.88. The summed E-state index contributed by atoms with van der Waals surface area (Å²) in [5.41, 5.74) is 6.02. The molecule has 16 heavy (non-hydrogen) atoms. The van der Waals surface area contributed by atoms with Crippen LogP contribution in [0.15, 0.2) is 18.2 Å². The number of aryl methyl sites for hydroxylation is 3. The second kappa shape index (κ2) is 3.97. The van der Waals surface area contributed by atoms with Gasteiger partial charge < -0.3 is 4.98 Å². The molecule has 0 amide bonds. The smallest absolute Gasteiger partial charge is 0.0461 e. The van der Waals surface area contributed by atoms with Crippen LogP contribution in [0.3, 0.4) is 0 Å². The molecule has 0 saturated carbocycles. The molecule has 0 radical (unpaired) electrons. The Morgan fingerprint density at radius 2 is 2.06 bits per heavy atom. The average molecular weight is 213 g/mol. The molecule has 0 spiro atoms. The first-order chi connectivity index (χ1) is 7.90. The van der Waals surface area contributed by atoms with Gasteiger partial charge in [-0.3, -0.25) is 0 Å². The van der Waals surface area contributed by atoms with Gasteiger partial charge in [-0.15, -0.1) is 0 Å². The van der Waals surface area contributed by atoms with E-state index in [2.05, 4.69) is 30.1 Å². The number of rotatable bonds is 2. The van der Waals surface area contributed by atoms with Crippen molar-refractivity contribution in [2.24, 2.45) is 0 Å². The first kappa shape index (κ1) is 9.95. The van der Waals surface area contributed by atoms with Crippen molar-refractivity contribution in [1.29, 1.82) is 0 Å². The lowest BCUT2D eigenvalue weighted by Crippen LogP contribution is -2.00. The Morgan fingerprint density at radius 3 is 2.94 bits per heavy atom. The Bertz CT molecular complexity index is 507. The van der Waals surface area contributed by atoms with Gasteiger partial charge in [0.05, 0.1) is 0 Å². The van der Waals surface area contributed by atoms with E-state index >= 15 is 0 Å². The number of hydrogen-bond donors (Lipinski definition) is 1. The lowest BCUT2D eigenvalue weighted by Gasteiger charge is -2.11. The maximum absolute atomic E-state index is 3.61. The van der Waals surface area contributed by atoms with E-state index in [1.165, 1.54) is 49.7 Å². The van der Waals surface area contributed by atoms with E-state index in [4.69, 9.17) is 0 Å². The van der Waals surface area contributed by atoms with Crippen LogP contribution in [0, 0.1) is 0 Å². The zero-order chi connectivity index (χ0) is 11.0. The SMILES string of the molecule is CCCc1cccc2[nH]c3c(c12)CCCC3. The van der Waals surface area contributed by atoms with E-state index < -0.39 is 0 Å². The monoisotopic (exact) mass is 213 g/mol. The molecule has 0 saturated heterocycles. The van der Waals surface area contributed by atoms with Crippen LogP contribution in [-0.2, 0) is 19.3 Å².